The van der Waals surface area contributed by atoms with Crippen LogP contribution in [0.4, 0.5) is 75.4 Å². The quantitative estimate of drug-likeness (QED) is 0.00966. The molecular formula is C93H138F9N21OS7. The van der Waals surface area contributed by atoms with Crippen LogP contribution in [0.2, 0.25) is 0 Å². The third-order valence-corrected chi connectivity index (χ3v) is 25.7. The molecule has 28 N–H and O–H groups in total. The SMILES string of the molecule is CC(C)CNc1nc2ccccc2s1.CCC#CCCCCCCNc1nc2ccccc2s1.CCCCC(C)Nc1nc2ccccc2s1.CCCCC(CC)Nc1nc2ccccc2s1.CCCCCNc1nc2ccccc2s1.CCCCOCCNc1nc2ccccc2s1.FC(F)(F)C(F)(F)C(F)(F)C(F)(F)CCNc1nc2ccccc2s1.N.N.N.N.N.N.N. The molecule has 0 amide bonds. The van der Waals surface area contributed by atoms with Crippen LogP contribution in [-0.2, 0) is 4.74 Å². The maximum atomic E-state index is 13.3. The summed E-state index contributed by atoms with van der Waals surface area (Å²) in [6.45, 7) is 24.3. The average molecular weight is 1960 g/mol. The highest BCUT2D eigenvalue weighted by Crippen LogP contribution is 2.54. The number of hydrogen-bond acceptors (Lipinski definition) is 29. The van der Waals surface area contributed by atoms with E-state index < -0.39 is 36.9 Å². The zero-order valence-corrected chi connectivity index (χ0v) is 82.7. The Hall–Kier alpha value is -9.02. The van der Waals surface area contributed by atoms with Crippen molar-refractivity contribution >= 4 is 187 Å². The van der Waals surface area contributed by atoms with Crippen molar-refractivity contribution in [2.24, 2.45) is 5.92 Å². The largest absolute Gasteiger partial charge is 0.460 e. The summed E-state index contributed by atoms with van der Waals surface area (Å²) >= 11 is 11.3. The van der Waals surface area contributed by atoms with Gasteiger partial charge in [-0.3, -0.25) is 0 Å². The van der Waals surface area contributed by atoms with Gasteiger partial charge in [0.2, 0.25) is 0 Å². The van der Waals surface area contributed by atoms with Crippen molar-refractivity contribution in [1.29, 1.82) is 0 Å². The number of ether oxygens (including phenoxy) is 1. The van der Waals surface area contributed by atoms with Crippen LogP contribution in [0.3, 0.4) is 0 Å². The number of fused-ring (bicyclic) bond motifs is 7. The van der Waals surface area contributed by atoms with Gasteiger partial charge in [-0.2, -0.15) is 39.5 Å². The normalized spacial score (nSPS) is 11.3. The minimum absolute atomic E-state index is 0. The van der Waals surface area contributed by atoms with Gasteiger partial charge in [0.25, 0.3) is 0 Å². The first-order valence-electron chi connectivity index (χ1n) is 42.8. The Bertz CT molecular complexity index is 5170. The fourth-order valence-corrected chi connectivity index (χ4v) is 18.2. The highest BCUT2D eigenvalue weighted by molar-refractivity contribution is 7.24. The molecule has 0 radical (unpaired) electrons. The number of unbranched alkanes of at least 4 members (excludes halogenated alkanes) is 9. The first-order chi connectivity index (χ1) is 59.9. The number of thiazole rings is 7. The molecule has 0 bridgehead atoms. The predicted molar refractivity (Wildman–Crippen MR) is 552 cm³/mol. The van der Waals surface area contributed by atoms with Gasteiger partial charge in [-0.15, -0.1) is 11.8 Å². The molecule has 0 fully saturated rings. The van der Waals surface area contributed by atoms with Gasteiger partial charge < -0.3 is 85.0 Å². The second-order valence-corrected chi connectivity index (χ2v) is 36.8. The van der Waals surface area contributed by atoms with Crippen molar-refractivity contribution in [2.45, 2.75) is 220 Å². The number of rotatable bonds is 39. The van der Waals surface area contributed by atoms with Crippen LogP contribution in [0.25, 0.3) is 71.5 Å². The Morgan fingerprint density at radius 3 is 1.00 bits per heavy atom. The first-order valence-corrected chi connectivity index (χ1v) is 48.5. The Morgan fingerprint density at radius 1 is 0.328 bits per heavy atom. The molecule has 38 heteroatoms. The Balaban J connectivity index is 0.000000763. The van der Waals surface area contributed by atoms with Gasteiger partial charge in [0.05, 0.1) is 78.1 Å². The number of halogens is 9. The molecule has 22 nitrogen and oxygen atoms in total. The number of nitrogens with one attached hydrogen (secondary N) is 7. The highest BCUT2D eigenvalue weighted by atomic mass is 32.1. The van der Waals surface area contributed by atoms with Crippen molar-refractivity contribution in [3.05, 3.63) is 170 Å². The number of anilines is 7. The number of para-hydroxylation sites is 7. The van der Waals surface area contributed by atoms with Gasteiger partial charge in [-0.25, -0.2) is 34.9 Å². The standard InChI is InChI=1S/C17H22N2S.C14H20N2S.C13H9F9N2S.C13H18N2OS.C13H18N2S.C12H16N2S.C11H14N2S.7H3N/c1-2-3-4-5-6-7-8-11-14-18-17-19-15-12-9-10-13-16(15)20-17;1-3-5-8-11(4-2)15-14-16-12-9-6-7-10-13(12)17-14;14-10(15,11(16,17)12(18,19)13(20,21)22)5-6-23-9-24-7-3-1-2-4-8(7)25-9;1-2-3-9-16-10-8-14-13-15-11-6-4-5-7-12(11)17-13;1-3-4-7-10(2)14-13-15-11-8-5-6-9-12(11)16-13;1-2-3-6-9-13-12-14-10-7-4-5-8-11(10)15-12;1-8(2)7-12-11-13-9-5-3-4-6-10(9)14-11;;;;;;;/h9-10,12-13H,2,5-8,11,14H2,1H3,(H,18,19);6-7,9-11H,3-5,8H2,1-2H3,(H,15,16);1-4H,5-6H2,(H,23,24);4-7H,2-3,8-10H2,1H3,(H,14,15);5-6,8-10H,3-4,7H2,1-2H3,(H,14,15);4-5,7-8H,2-3,6,9H2,1H3,(H,13,14);3-6,8H,7H2,1-2H3,(H,12,13);7*1H3. The molecule has 14 aromatic rings. The maximum absolute atomic E-state index is 13.3. The van der Waals surface area contributed by atoms with Gasteiger partial charge in [0.15, 0.2) is 35.9 Å². The Kier molecular flexibility index (Phi) is 58.6. The molecule has 0 saturated heterocycles. The molecule has 0 saturated carbocycles. The highest BCUT2D eigenvalue weighted by Gasteiger charge is 2.81. The van der Waals surface area contributed by atoms with Crippen LogP contribution in [0.15, 0.2) is 170 Å². The molecule has 726 valence electrons. The lowest BCUT2D eigenvalue weighted by Crippen LogP contribution is -2.61. The summed E-state index contributed by atoms with van der Waals surface area (Å²) in [6.07, 6.45) is 13.1. The molecular weight excluding hydrogens is 1820 g/mol. The minimum atomic E-state index is -6.86. The fourth-order valence-electron chi connectivity index (χ4n) is 11.8. The van der Waals surface area contributed by atoms with E-state index in [0.717, 1.165) is 140 Å². The summed E-state index contributed by atoms with van der Waals surface area (Å²) < 4.78 is 128. The van der Waals surface area contributed by atoms with Gasteiger partial charge >= 0.3 is 23.9 Å². The van der Waals surface area contributed by atoms with Crippen LogP contribution >= 0.6 is 79.4 Å². The second kappa shape index (κ2) is 64.0. The molecule has 7 aromatic carbocycles. The molecule has 7 heterocycles. The topological polar surface area (TPSA) is 429 Å². The minimum Gasteiger partial charge on any atom is -0.380 e. The lowest BCUT2D eigenvalue weighted by Gasteiger charge is -2.33. The van der Waals surface area contributed by atoms with E-state index in [4.69, 9.17) is 4.74 Å². The van der Waals surface area contributed by atoms with E-state index in [-0.39, 0.29) is 48.2 Å². The van der Waals surface area contributed by atoms with Crippen molar-refractivity contribution in [2.75, 3.05) is 83.2 Å². The maximum Gasteiger partial charge on any atom is 0.460 e. The van der Waals surface area contributed by atoms with Crippen molar-refractivity contribution in [3.8, 4) is 11.8 Å². The summed E-state index contributed by atoms with van der Waals surface area (Å²) in [5.41, 5.74) is 7.02. The number of nitrogens with zero attached hydrogens (tertiary/aromatic N) is 7. The molecule has 0 aliphatic heterocycles. The number of aromatic nitrogens is 7. The number of alkyl halides is 9. The summed E-state index contributed by atoms with van der Waals surface area (Å²) in [7, 11) is 0. The molecule has 0 spiro atoms. The van der Waals surface area contributed by atoms with E-state index in [1.54, 1.807) is 92.3 Å². The van der Waals surface area contributed by atoms with Crippen LogP contribution < -0.4 is 80.3 Å². The summed E-state index contributed by atoms with van der Waals surface area (Å²) in [6, 6.07) is 57.2. The van der Waals surface area contributed by atoms with Gasteiger partial charge in [0, 0.05) is 70.7 Å². The molecule has 0 aliphatic carbocycles. The first kappa shape index (κ1) is 120. The summed E-state index contributed by atoms with van der Waals surface area (Å²) in [4.78, 5) is 31.2. The van der Waals surface area contributed by atoms with E-state index in [1.165, 1.54) is 118 Å². The number of benzene rings is 7. The lowest BCUT2D eigenvalue weighted by atomic mass is 10.0. The zero-order valence-electron chi connectivity index (χ0n) is 77.0. The second-order valence-electron chi connectivity index (χ2n) is 29.6. The smallest absolute Gasteiger partial charge is 0.380 e. The van der Waals surface area contributed by atoms with E-state index in [9.17, 15) is 39.5 Å². The average Bonchev–Trinajstić information content (AvgIpc) is 1.74. The molecule has 2 unspecified atom stereocenters. The van der Waals surface area contributed by atoms with Crippen molar-refractivity contribution < 1.29 is 44.3 Å². The van der Waals surface area contributed by atoms with E-state index in [1.807, 2.05) is 60.7 Å². The monoisotopic (exact) mass is 1960 g/mol. The predicted octanol–water partition coefficient (Wildman–Crippen LogP) is 31.5. The van der Waals surface area contributed by atoms with E-state index in [0.29, 0.717) is 28.2 Å². The van der Waals surface area contributed by atoms with Crippen molar-refractivity contribution in [3.63, 3.8) is 0 Å². The van der Waals surface area contributed by atoms with Gasteiger partial charge in [0.1, 0.15) is 0 Å². The Morgan fingerprint density at radius 2 is 0.649 bits per heavy atom. The van der Waals surface area contributed by atoms with Crippen LogP contribution in [-0.4, -0.2) is 117 Å². The van der Waals surface area contributed by atoms with Gasteiger partial charge in [-0.1, -0.05) is 277 Å². The zero-order chi connectivity index (χ0) is 89.0. The molecule has 2 atom stereocenters. The van der Waals surface area contributed by atoms with E-state index >= 15 is 0 Å². The summed E-state index contributed by atoms with van der Waals surface area (Å²) in [5.74, 6) is -12.1. The number of hydrogen-bond donors (Lipinski definition) is 14. The Labute approximate surface area is 794 Å². The molecule has 0 aliphatic rings. The third-order valence-electron chi connectivity index (χ3n) is 18.8. The molecule has 7 aromatic heterocycles. The molecule has 14 rings (SSSR count). The van der Waals surface area contributed by atoms with Gasteiger partial charge in [-0.05, 0) is 143 Å². The lowest BCUT2D eigenvalue weighted by molar-refractivity contribution is -0.396. The van der Waals surface area contributed by atoms with Crippen LogP contribution in [0.1, 0.15) is 184 Å². The van der Waals surface area contributed by atoms with Crippen LogP contribution in [0.5, 0.6) is 0 Å². The van der Waals surface area contributed by atoms with Crippen LogP contribution in [0, 0.1) is 17.8 Å². The summed E-state index contributed by atoms with van der Waals surface area (Å²) in [5, 5.41) is 28.9. The third kappa shape index (κ3) is 40.4. The molecule has 131 heavy (non-hydrogen) atoms. The van der Waals surface area contributed by atoms with E-state index in [2.05, 4.69) is 231 Å². The van der Waals surface area contributed by atoms with Crippen molar-refractivity contribution in [1.82, 2.24) is 77.9 Å². The fraction of sp³-hybridized carbons (Fsp3) is 0.452.